The van der Waals surface area contributed by atoms with Crippen LogP contribution in [0, 0.1) is 6.92 Å². The lowest BCUT2D eigenvalue weighted by Gasteiger charge is -2.08. The molecule has 19 heavy (non-hydrogen) atoms. The van der Waals surface area contributed by atoms with Crippen LogP contribution >= 0.6 is 0 Å². The van der Waals surface area contributed by atoms with Crippen molar-refractivity contribution in [2.45, 2.75) is 6.92 Å². The van der Waals surface area contributed by atoms with Gasteiger partial charge in [0.1, 0.15) is 0 Å². The van der Waals surface area contributed by atoms with Crippen LogP contribution in [-0.4, -0.2) is 10.6 Å². The standard InChI is InChI=1S/C16H14N2O/c1-3-15(19)17-18-14-10-5-4-8-12(14)13-9-6-7-11(2)16(13)18/h3-10H,1H2,2H3,(H,17,19). The number of aryl methyl sites for hydroxylation is 1. The third kappa shape index (κ3) is 1.71. The second-order valence-corrected chi connectivity index (χ2v) is 4.50. The van der Waals surface area contributed by atoms with E-state index < -0.39 is 0 Å². The number of carbonyl (C=O) groups excluding carboxylic acids is 1. The van der Waals surface area contributed by atoms with Crippen LogP contribution in [0.3, 0.4) is 0 Å². The summed E-state index contributed by atoms with van der Waals surface area (Å²) in [6, 6.07) is 14.2. The lowest BCUT2D eigenvalue weighted by molar-refractivity contribution is -0.112. The monoisotopic (exact) mass is 250 g/mol. The van der Waals surface area contributed by atoms with Crippen molar-refractivity contribution in [2.24, 2.45) is 0 Å². The highest BCUT2D eigenvalue weighted by Crippen LogP contribution is 2.29. The number of amides is 1. The van der Waals surface area contributed by atoms with E-state index in [-0.39, 0.29) is 5.91 Å². The van der Waals surface area contributed by atoms with Crippen molar-refractivity contribution < 1.29 is 4.79 Å². The van der Waals surface area contributed by atoms with E-state index in [1.165, 1.54) is 6.08 Å². The van der Waals surface area contributed by atoms with Crippen molar-refractivity contribution in [3.05, 3.63) is 60.7 Å². The maximum atomic E-state index is 11.6. The zero-order chi connectivity index (χ0) is 13.4. The van der Waals surface area contributed by atoms with Crippen molar-refractivity contribution in [1.82, 2.24) is 4.68 Å². The maximum absolute atomic E-state index is 11.6. The quantitative estimate of drug-likeness (QED) is 0.695. The molecule has 0 aliphatic carbocycles. The Hall–Kier alpha value is -2.55. The first-order chi connectivity index (χ1) is 9.22. The van der Waals surface area contributed by atoms with Gasteiger partial charge in [-0.2, -0.15) is 0 Å². The average Bonchev–Trinajstić information content (AvgIpc) is 2.75. The maximum Gasteiger partial charge on any atom is 0.262 e. The molecule has 94 valence electrons. The van der Waals surface area contributed by atoms with Crippen LogP contribution in [0.4, 0.5) is 0 Å². The molecule has 3 aromatic rings. The molecule has 1 N–H and O–H groups in total. The number of nitrogens with zero attached hydrogens (tertiary/aromatic N) is 1. The van der Waals surface area contributed by atoms with Crippen LogP contribution in [0.15, 0.2) is 55.1 Å². The zero-order valence-corrected chi connectivity index (χ0v) is 10.7. The van der Waals surface area contributed by atoms with Gasteiger partial charge in [0.15, 0.2) is 0 Å². The SMILES string of the molecule is C=CC(=O)Nn1c2ccccc2c2cccc(C)c21. The van der Waals surface area contributed by atoms with Gasteiger partial charge in [-0.05, 0) is 24.6 Å². The molecule has 1 amide bonds. The summed E-state index contributed by atoms with van der Waals surface area (Å²) in [4.78, 5) is 11.6. The fourth-order valence-corrected chi connectivity index (χ4v) is 2.46. The second-order valence-electron chi connectivity index (χ2n) is 4.50. The predicted octanol–water partition coefficient (Wildman–Crippen LogP) is 3.36. The highest BCUT2D eigenvalue weighted by molar-refractivity contribution is 6.10. The molecule has 0 atom stereocenters. The first kappa shape index (κ1) is 11.5. The van der Waals surface area contributed by atoms with E-state index in [1.54, 1.807) is 0 Å². The van der Waals surface area contributed by atoms with E-state index >= 15 is 0 Å². The van der Waals surface area contributed by atoms with Gasteiger partial charge in [0.2, 0.25) is 0 Å². The number of para-hydroxylation sites is 2. The number of rotatable bonds is 2. The van der Waals surface area contributed by atoms with Gasteiger partial charge in [-0.1, -0.05) is 43.0 Å². The molecule has 0 bridgehead atoms. The van der Waals surface area contributed by atoms with Crippen LogP contribution in [0.2, 0.25) is 0 Å². The fraction of sp³-hybridized carbons (Fsp3) is 0.0625. The Morgan fingerprint density at radius 2 is 1.89 bits per heavy atom. The van der Waals surface area contributed by atoms with Gasteiger partial charge in [-0.3, -0.25) is 14.9 Å². The van der Waals surface area contributed by atoms with Crippen molar-refractivity contribution in [3.8, 4) is 0 Å². The van der Waals surface area contributed by atoms with Crippen LogP contribution in [0.1, 0.15) is 5.56 Å². The summed E-state index contributed by atoms with van der Waals surface area (Å²) in [6.45, 7) is 5.54. The van der Waals surface area contributed by atoms with E-state index in [0.29, 0.717) is 0 Å². The Morgan fingerprint density at radius 1 is 1.16 bits per heavy atom. The topological polar surface area (TPSA) is 34.0 Å². The highest BCUT2D eigenvalue weighted by Gasteiger charge is 2.12. The molecule has 1 aromatic heterocycles. The lowest BCUT2D eigenvalue weighted by Crippen LogP contribution is -2.20. The molecule has 2 aromatic carbocycles. The summed E-state index contributed by atoms with van der Waals surface area (Å²) >= 11 is 0. The Bertz CT molecular complexity index is 799. The van der Waals surface area contributed by atoms with Crippen molar-refractivity contribution in [3.63, 3.8) is 0 Å². The van der Waals surface area contributed by atoms with Gasteiger partial charge in [0.25, 0.3) is 5.91 Å². The summed E-state index contributed by atoms with van der Waals surface area (Å²) in [5, 5.41) is 2.27. The van der Waals surface area contributed by atoms with Gasteiger partial charge >= 0.3 is 0 Å². The van der Waals surface area contributed by atoms with E-state index in [2.05, 4.69) is 24.1 Å². The number of fused-ring (bicyclic) bond motifs is 3. The predicted molar refractivity (Wildman–Crippen MR) is 78.7 cm³/mol. The summed E-state index contributed by atoms with van der Waals surface area (Å²) in [5.74, 6) is -0.217. The minimum absolute atomic E-state index is 0.217. The summed E-state index contributed by atoms with van der Waals surface area (Å²) in [6.07, 6.45) is 1.28. The van der Waals surface area contributed by atoms with Gasteiger partial charge in [-0.25, -0.2) is 0 Å². The van der Waals surface area contributed by atoms with Crippen molar-refractivity contribution in [2.75, 3.05) is 5.43 Å². The molecule has 0 radical (unpaired) electrons. The lowest BCUT2D eigenvalue weighted by atomic mass is 10.1. The molecule has 0 spiro atoms. The molecule has 1 heterocycles. The van der Waals surface area contributed by atoms with Crippen LogP contribution in [-0.2, 0) is 4.79 Å². The molecule has 0 saturated heterocycles. The first-order valence-corrected chi connectivity index (χ1v) is 6.14. The molecule has 3 heteroatoms. The van der Waals surface area contributed by atoms with Gasteiger partial charge < -0.3 is 0 Å². The number of carbonyl (C=O) groups is 1. The Kier molecular flexibility index (Phi) is 2.60. The van der Waals surface area contributed by atoms with Crippen LogP contribution in [0.5, 0.6) is 0 Å². The van der Waals surface area contributed by atoms with E-state index in [9.17, 15) is 4.79 Å². The van der Waals surface area contributed by atoms with Crippen molar-refractivity contribution in [1.29, 1.82) is 0 Å². The molecule has 3 nitrogen and oxygen atoms in total. The normalized spacial score (nSPS) is 10.8. The molecule has 0 aliphatic rings. The molecule has 0 saturated carbocycles. The molecular formula is C16H14N2O. The fourth-order valence-electron chi connectivity index (χ4n) is 2.46. The third-order valence-electron chi connectivity index (χ3n) is 3.30. The van der Waals surface area contributed by atoms with E-state index in [1.807, 2.05) is 41.9 Å². The largest absolute Gasteiger partial charge is 0.268 e. The highest BCUT2D eigenvalue weighted by atomic mass is 16.2. The number of aromatic nitrogens is 1. The Balaban J connectivity index is 2.43. The summed E-state index contributed by atoms with van der Waals surface area (Å²) in [7, 11) is 0. The average molecular weight is 250 g/mol. The number of benzene rings is 2. The molecular weight excluding hydrogens is 236 g/mol. The van der Waals surface area contributed by atoms with E-state index in [0.717, 1.165) is 27.4 Å². The summed E-state index contributed by atoms with van der Waals surface area (Å²) < 4.78 is 1.84. The summed E-state index contributed by atoms with van der Waals surface area (Å²) in [5.41, 5.74) is 6.00. The number of nitrogens with one attached hydrogen (secondary N) is 1. The van der Waals surface area contributed by atoms with Gasteiger partial charge in [0, 0.05) is 10.8 Å². The minimum Gasteiger partial charge on any atom is -0.268 e. The van der Waals surface area contributed by atoms with Gasteiger partial charge in [-0.15, -0.1) is 0 Å². The molecule has 0 unspecified atom stereocenters. The second kappa shape index (κ2) is 4.28. The Morgan fingerprint density at radius 3 is 2.68 bits per heavy atom. The Labute approximate surface area is 111 Å². The molecule has 0 aliphatic heterocycles. The van der Waals surface area contributed by atoms with Crippen LogP contribution in [0.25, 0.3) is 21.8 Å². The minimum atomic E-state index is -0.217. The van der Waals surface area contributed by atoms with Crippen LogP contribution < -0.4 is 5.43 Å². The number of hydrogen-bond acceptors (Lipinski definition) is 1. The van der Waals surface area contributed by atoms with Crippen molar-refractivity contribution >= 4 is 27.7 Å². The number of hydrogen-bond donors (Lipinski definition) is 1. The first-order valence-electron chi connectivity index (χ1n) is 6.14. The molecule has 0 fully saturated rings. The zero-order valence-electron chi connectivity index (χ0n) is 10.7. The van der Waals surface area contributed by atoms with Gasteiger partial charge in [0.05, 0.1) is 11.0 Å². The third-order valence-corrected chi connectivity index (χ3v) is 3.30. The smallest absolute Gasteiger partial charge is 0.262 e. The van der Waals surface area contributed by atoms with E-state index in [4.69, 9.17) is 0 Å². The molecule has 3 rings (SSSR count).